The molecule has 2 aromatic heterocycles. The van der Waals surface area contributed by atoms with Gasteiger partial charge in [0.25, 0.3) is 5.91 Å². The van der Waals surface area contributed by atoms with E-state index in [0.717, 1.165) is 53.6 Å². The molecule has 1 fully saturated rings. The molecule has 1 atom stereocenters. The number of rotatable bonds is 2. The molecule has 3 aromatic rings. The van der Waals surface area contributed by atoms with E-state index in [-0.39, 0.29) is 11.9 Å². The Morgan fingerprint density at radius 3 is 2.84 bits per heavy atom. The van der Waals surface area contributed by atoms with Crippen LogP contribution in [0.1, 0.15) is 52.7 Å². The SMILES string of the molecule is Cc1ccc2c(C)c(C(=O)N3CCCC[C@@H]3c3ccn(C)n3)oc2c1. The third-order valence-electron chi connectivity index (χ3n) is 5.13. The number of hydrogen-bond donors (Lipinski definition) is 0. The van der Waals surface area contributed by atoms with E-state index < -0.39 is 0 Å². The van der Waals surface area contributed by atoms with Gasteiger partial charge < -0.3 is 9.32 Å². The molecule has 1 saturated heterocycles. The van der Waals surface area contributed by atoms with Gasteiger partial charge in [-0.3, -0.25) is 9.48 Å². The summed E-state index contributed by atoms with van der Waals surface area (Å²) in [6.45, 7) is 4.74. The molecule has 0 spiro atoms. The van der Waals surface area contributed by atoms with Crippen molar-refractivity contribution in [2.24, 2.45) is 7.05 Å². The summed E-state index contributed by atoms with van der Waals surface area (Å²) in [5.74, 6) is 0.435. The molecule has 0 saturated carbocycles. The first-order valence-corrected chi connectivity index (χ1v) is 8.85. The Morgan fingerprint density at radius 2 is 2.08 bits per heavy atom. The molecule has 1 aliphatic heterocycles. The normalized spacial score (nSPS) is 18.0. The van der Waals surface area contributed by atoms with Gasteiger partial charge in [0.05, 0.1) is 11.7 Å². The Balaban J connectivity index is 1.72. The predicted molar refractivity (Wildman–Crippen MR) is 96.5 cm³/mol. The van der Waals surface area contributed by atoms with Crippen molar-refractivity contribution in [2.45, 2.75) is 39.2 Å². The van der Waals surface area contributed by atoms with Crippen LogP contribution in [0.15, 0.2) is 34.9 Å². The standard InChI is InChI=1S/C20H23N3O2/c1-13-7-8-15-14(2)19(25-18(15)12-13)20(24)23-10-5-4-6-17(23)16-9-11-22(3)21-16/h7-9,11-12,17H,4-6,10H2,1-3H3/t17-/m1/s1. The first-order valence-electron chi connectivity index (χ1n) is 8.85. The van der Waals surface area contributed by atoms with Crippen LogP contribution in [0.4, 0.5) is 0 Å². The number of carbonyl (C=O) groups is 1. The van der Waals surface area contributed by atoms with Crippen molar-refractivity contribution in [3.05, 3.63) is 53.0 Å². The molecule has 0 radical (unpaired) electrons. The number of amides is 1. The van der Waals surface area contributed by atoms with Crippen LogP contribution >= 0.6 is 0 Å². The van der Waals surface area contributed by atoms with Crippen LogP contribution in [-0.2, 0) is 7.05 Å². The van der Waals surface area contributed by atoms with Gasteiger partial charge in [-0.05, 0) is 50.8 Å². The van der Waals surface area contributed by atoms with E-state index in [4.69, 9.17) is 4.42 Å². The molecule has 4 rings (SSSR count). The number of nitrogens with zero attached hydrogens (tertiary/aromatic N) is 3. The lowest BCUT2D eigenvalue weighted by Gasteiger charge is -2.34. The fourth-order valence-electron chi connectivity index (χ4n) is 3.76. The summed E-state index contributed by atoms with van der Waals surface area (Å²) in [6.07, 6.45) is 5.01. The van der Waals surface area contributed by atoms with Crippen molar-refractivity contribution >= 4 is 16.9 Å². The highest BCUT2D eigenvalue weighted by Gasteiger charge is 2.32. The van der Waals surface area contributed by atoms with Crippen molar-refractivity contribution in [1.29, 1.82) is 0 Å². The first-order chi connectivity index (χ1) is 12.0. The summed E-state index contributed by atoms with van der Waals surface area (Å²) >= 11 is 0. The van der Waals surface area contributed by atoms with Gasteiger partial charge in [0, 0.05) is 30.7 Å². The molecule has 25 heavy (non-hydrogen) atoms. The second-order valence-electron chi connectivity index (χ2n) is 6.98. The van der Waals surface area contributed by atoms with E-state index in [0.29, 0.717) is 5.76 Å². The van der Waals surface area contributed by atoms with Gasteiger partial charge in [0.15, 0.2) is 5.76 Å². The predicted octanol–water partition coefficient (Wildman–Crippen LogP) is 4.15. The van der Waals surface area contributed by atoms with E-state index >= 15 is 0 Å². The van der Waals surface area contributed by atoms with Crippen LogP contribution in [0.25, 0.3) is 11.0 Å². The molecule has 3 heterocycles. The summed E-state index contributed by atoms with van der Waals surface area (Å²) in [4.78, 5) is 15.2. The van der Waals surface area contributed by atoms with Crippen LogP contribution in [0, 0.1) is 13.8 Å². The van der Waals surface area contributed by atoms with E-state index in [1.165, 1.54) is 0 Å². The summed E-state index contributed by atoms with van der Waals surface area (Å²) in [5.41, 5.74) is 3.79. The maximum Gasteiger partial charge on any atom is 0.290 e. The van der Waals surface area contributed by atoms with Crippen molar-refractivity contribution in [3.8, 4) is 0 Å². The second kappa shape index (κ2) is 6.06. The van der Waals surface area contributed by atoms with Gasteiger partial charge in [-0.2, -0.15) is 5.10 Å². The van der Waals surface area contributed by atoms with Gasteiger partial charge in [-0.25, -0.2) is 0 Å². The van der Waals surface area contributed by atoms with Crippen LogP contribution in [0.2, 0.25) is 0 Å². The smallest absolute Gasteiger partial charge is 0.290 e. The Bertz CT molecular complexity index is 938. The van der Waals surface area contributed by atoms with Crippen LogP contribution in [0.3, 0.4) is 0 Å². The minimum Gasteiger partial charge on any atom is -0.451 e. The lowest BCUT2D eigenvalue weighted by Crippen LogP contribution is -2.38. The Morgan fingerprint density at radius 1 is 1.24 bits per heavy atom. The molecule has 5 nitrogen and oxygen atoms in total. The van der Waals surface area contributed by atoms with Gasteiger partial charge >= 0.3 is 0 Å². The highest BCUT2D eigenvalue weighted by Crippen LogP contribution is 2.34. The van der Waals surface area contributed by atoms with Gasteiger partial charge in [0.1, 0.15) is 5.58 Å². The number of piperidine rings is 1. The van der Waals surface area contributed by atoms with E-state index in [1.807, 2.05) is 50.2 Å². The van der Waals surface area contributed by atoms with Gasteiger partial charge in [-0.1, -0.05) is 12.1 Å². The Labute approximate surface area is 147 Å². The molecule has 0 unspecified atom stereocenters. The quantitative estimate of drug-likeness (QED) is 0.706. The van der Waals surface area contributed by atoms with Crippen molar-refractivity contribution in [2.75, 3.05) is 6.54 Å². The number of fused-ring (bicyclic) bond motifs is 1. The molecule has 0 N–H and O–H groups in total. The van der Waals surface area contributed by atoms with Gasteiger partial charge in [-0.15, -0.1) is 0 Å². The number of furan rings is 1. The maximum absolute atomic E-state index is 13.3. The molecule has 0 aliphatic carbocycles. The lowest BCUT2D eigenvalue weighted by atomic mass is 9.98. The fourth-order valence-corrected chi connectivity index (χ4v) is 3.76. The third kappa shape index (κ3) is 2.73. The summed E-state index contributed by atoms with van der Waals surface area (Å²) < 4.78 is 7.76. The lowest BCUT2D eigenvalue weighted by molar-refractivity contribution is 0.0574. The average Bonchev–Trinajstić information content (AvgIpc) is 3.18. The zero-order valence-corrected chi connectivity index (χ0v) is 15.0. The van der Waals surface area contributed by atoms with Crippen LogP contribution in [-0.4, -0.2) is 27.1 Å². The van der Waals surface area contributed by atoms with E-state index in [1.54, 1.807) is 4.68 Å². The summed E-state index contributed by atoms with van der Waals surface area (Å²) in [6, 6.07) is 8.11. The third-order valence-corrected chi connectivity index (χ3v) is 5.13. The maximum atomic E-state index is 13.3. The molecule has 130 valence electrons. The molecular formula is C20H23N3O2. The zero-order valence-electron chi connectivity index (χ0n) is 15.0. The number of carbonyl (C=O) groups excluding carboxylic acids is 1. The number of aromatic nitrogens is 2. The topological polar surface area (TPSA) is 51.3 Å². The monoisotopic (exact) mass is 337 g/mol. The first kappa shape index (κ1) is 15.9. The fraction of sp³-hybridized carbons (Fsp3) is 0.400. The minimum atomic E-state index is -0.0262. The minimum absolute atomic E-state index is 0.0248. The number of hydrogen-bond acceptors (Lipinski definition) is 3. The van der Waals surface area contributed by atoms with Gasteiger partial charge in [0.2, 0.25) is 0 Å². The summed E-state index contributed by atoms with van der Waals surface area (Å²) in [7, 11) is 1.91. The number of aryl methyl sites for hydroxylation is 3. The van der Waals surface area contributed by atoms with E-state index in [2.05, 4.69) is 11.2 Å². The Hall–Kier alpha value is -2.56. The second-order valence-corrected chi connectivity index (χ2v) is 6.98. The highest BCUT2D eigenvalue weighted by atomic mass is 16.3. The molecule has 1 aliphatic rings. The molecule has 0 bridgehead atoms. The van der Waals surface area contributed by atoms with Crippen molar-refractivity contribution in [3.63, 3.8) is 0 Å². The largest absolute Gasteiger partial charge is 0.451 e. The summed E-state index contributed by atoms with van der Waals surface area (Å²) in [5, 5.41) is 5.54. The molecule has 1 amide bonds. The van der Waals surface area contributed by atoms with Crippen molar-refractivity contribution in [1.82, 2.24) is 14.7 Å². The van der Waals surface area contributed by atoms with E-state index in [9.17, 15) is 4.79 Å². The number of benzene rings is 1. The highest BCUT2D eigenvalue weighted by molar-refractivity contribution is 5.99. The molecule has 1 aromatic carbocycles. The molecular weight excluding hydrogens is 314 g/mol. The number of likely N-dealkylation sites (tertiary alicyclic amines) is 1. The zero-order chi connectivity index (χ0) is 17.6. The average molecular weight is 337 g/mol. The molecule has 5 heteroatoms. The van der Waals surface area contributed by atoms with Crippen molar-refractivity contribution < 1.29 is 9.21 Å². The van der Waals surface area contributed by atoms with Crippen LogP contribution < -0.4 is 0 Å². The van der Waals surface area contributed by atoms with Crippen LogP contribution in [0.5, 0.6) is 0 Å². The Kier molecular flexibility index (Phi) is 3.86.